The fraction of sp³-hybridized carbons (Fsp3) is 0.263. The fourth-order valence-corrected chi connectivity index (χ4v) is 3.48. The van der Waals surface area contributed by atoms with E-state index in [4.69, 9.17) is 0 Å². The van der Waals surface area contributed by atoms with Gasteiger partial charge in [0.2, 0.25) is 0 Å². The van der Waals surface area contributed by atoms with Gasteiger partial charge in [-0.2, -0.15) is 0 Å². The zero-order valence-electron chi connectivity index (χ0n) is 15.1. The van der Waals surface area contributed by atoms with Gasteiger partial charge in [-0.1, -0.05) is 43.8 Å². The molecule has 0 saturated heterocycles. The molecule has 1 heterocycles. The molecule has 6 nitrogen and oxygen atoms in total. The minimum atomic E-state index is -0.140. The second-order valence-electron chi connectivity index (χ2n) is 7.10. The van der Waals surface area contributed by atoms with E-state index in [-0.39, 0.29) is 22.7 Å². The molecular weight excluding hydrogens is 350 g/mol. The molecule has 0 spiro atoms. The van der Waals surface area contributed by atoms with Crippen LogP contribution in [0.5, 0.6) is 17.2 Å². The standard InChI is InChI=1S/C19H21N3O3S/c1-11-18(20-21-22(11)15-9-12(23)5-8-16(15)24)26-13-6-7-14(17(25)10-13)19(2,3)4/h5-10,23-25H,1-4H3. The van der Waals surface area contributed by atoms with E-state index in [1.165, 1.54) is 34.6 Å². The molecule has 0 saturated carbocycles. The Kier molecular flexibility index (Phi) is 4.58. The molecule has 26 heavy (non-hydrogen) atoms. The van der Waals surface area contributed by atoms with Gasteiger partial charge in [0.1, 0.15) is 28.0 Å². The van der Waals surface area contributed by atoms with E-state index in [1.807, 2.05) is 39.8 Å². The molecule has 0 unspecified atom stereocenters. The molecule has 0 fully saturated rings. The zero-order chi connectivity index (χ0) is 19.1. The summed E-state index contributed by atoms with van der Waals surface area (Å²) in [6.45, 7) is 7.97. The highest BCUT2D eigenvalue weighted by Gasteiger charge is 2.19. The molecular formula is C19H21N3O3S. The molecule has 2 aromatic carbocycles. The van der Waals surface area contributed by atoms with Gasteiger partial charge in [-0.3, -0.25) is 0 Å². The Morgan fingerprint density at radius 2 is 1.69 bits per heavy atom. The summed E-state index contributed by atoms with van der Waals surface area (Å²) >= 11 is 1.37. The normalized spacial score (nSPS) is 11.7. The van der Waals surface area contributed by atoms with Crippen LogP contribution in [0, 0.1) is 6.92 Å². The number of rotatable bonds is 3. The summed E-state index contributed by atoms with van der Waals surface area (Å²) in [4.78, 5) is 0.839. The maximum Gasteiger partial charge on any atom is 0.147 e. The van der Waals surface area contributed by atoms with E-state index in [0.29, 0.717) is 10.7 Å². The minimum absolute atomic E-state index is 0.000440. The van der Waals surface area contributed by atoms with Crippen LogP contribution < -0.4 is 0 Å². The number of hydrogen-bond donors (Lipinski definition) is 3. The lowest BCUT2D eigenvalue weighted by Gasteiger charge is -2.20. The van der Waals surface area contributed by atoms with Crippen molar-refractivity contribution < 1.29 is 15.3 Å². The van der Waals surface area contributed by atoms with E-state index in [9.17, 15) is 15.3 Å². The highest BCUT2D eigenvalue weighted by Crippen LogP contribution is 2.37. The van der Waals surface area contributed by atoms with Crippen molar-refractivity contribution in [2.45, 2.75) is 43.0 Å². The lowest BCUT2D eigenvalue weighted by Crippen LogP contribution is -2.11. The number of nitrogens with zero attached hydrogens (tertiary/aromatic N) is 3. The summed E-state index contributed by atoms with van der Waals surface area (Å²) in [6.07, 6.45) is 0. The van der Waals surface area contributed by atoms with Gasteiger partial charge >= 0.3 is 0 Å². The summed E-state index contributed by atoms with van der Waals surface area (Å²) in [7, 11) is 0. The van der Waals surface area contributed by atoms with Crippen molar-refractivity contribution in [3.05, 3.63) is 47.7 Å². The molecule has 0 aliphatic rings. The lowest BCUT2D eigenvalue weighted by atomic mass is 9.86. The van der Waals surface area contributed by atoms with Gasteiger partial charge in [0.25, 0.3) is 0 Å². The summed E-state index contributed by atoms with van der Waals surface area (Å²) in [5.41, 5.74) is 1.81. The van der Waals surface area contributed by atoms with Crippen molar-refractivity contribution in [3.63, 3.8) is 0 Å². The highest BCUT2D eigenvalue weighted by molar-refractivity contribution is 7.99. The van der Waals surface area contributed by atoms with Gasteiger partial charge < -0.3 is 15.3 Å². The Bertz CT molecular complexity index is 961. The summed E-state index contributed by atoms with van der Waals surface area (Å²) in [5.74, 6) is 0.280. The lowest BCUT2D eigenvalue weighted by molar-refractivity contribution is 0.445. The molecule has 7 heteroatoms. The summed E-state index contributed by atoms with van der Waals surface area (Å²) in [5, 5.41) is 38.9. The highest BCUT2D eigenvalue weighted by atomic mass is 32.2. The maximum atomic E-state index is 10.3. The van der Waals surface area contributed by atoms with E-state index >= 15 is 0 Å². The molecule has 0 bridgehead atoms. The molecule has 136 valence electrons. The number of phenols is 3. The Morgan fingerprint density at radius 3 is 2.35 bits per heavy atom. The second-order valence-corrected chi connectivity index (χ2v) is 8.16. The first-order chi connectivity index (χ1) is 12.2. The number of hydrogen-bond acceptors (Lipinski definition) is 6. The van der Waals surface area contributed by atoms with Crippen LogP contribution in [0.1, 0.15) is 32.0 Å². The number of phenolic OH excluding ortho intramolecular Hbond substituents is 3. The van der Waals surface area contributed by atoms with E-state index in [0.717, 1.165) is 16.2 Å². The van der Waals surface area contributed by atoms with Crippen molar-refractivity contribution in [2.24, 2.45) is 0 Å². The first-order valence-electron chi connectivity index (χ1n) is 8.13. The smallest absolute Gasteiger partial charge is 0.147 e. The van der Waals surface area contributed by atoms with Crippen LogP contribution in [0.3, 0.4) is 0 Å². The second kappa shape index (κ2) is 6.57. The topological polar surface area (TPSA) is 91.4 Å². The van der Waals surface area contributed by atoms with Crippen LogP contribution in [0.4, 0.5) is 0 Å². The van der Waals surface area contributed by atoms with Crippen molar-refractivity contribution in [2.75, 3.05) is 0 Å². The Morgan fingerprint density at radius 1 is 0.962 bits per heavy atom. The van der Waals surface area contributed by atoms with E-state index in [2.05, 4.69) is 10.3 Å². The predicted octanol–water partition coefficient (Wildman–Crippen LogP) is 4.14. The average Bonchev–Trinajstić information content (AvgIpc) is 2.89. The van der Waals surface area contributed by atoms with Crippen LogP contribution in [0.2, 0.25) is 0 Å². The third-order valence-corrected chi connectivity index (χ3v) is 5.09. The third-order valence-electron chi connectivity index (χ3n) is 4.03. The van der Waals surface area contributed by atoms with E-state index < -0.39 is 0 Å². The third kappa shape index (κ3) is 3.48. The maximum absolute atomic E-state index is 10.3. The van der Waals surface area contributed by atoms with Gasteiger partial charge in [-0.15, -0.1) is 5.10 Å². The summed E-state index contributed by atoms with van der Waals surface area (Å²) in [6, 6.07) is 9.81. The monoisotopic (exact) mass is 371 g/mol. The quantitative estimate of drug-likeness (QED) is 0.599. The van der Waals surface area contributed by atoms with Crippen molar-refractivity contribution in [3.8, 4) is 22.9 Å². The van der Waals surface area contributed by atoms with Crippen molar-refractivity contribution in [1.29, 1.82) is 0 Å². The predicted molar refractivity (Wildman–Crippen MR) is 100 cm³/mol. The van der Waals surface area contributed by atoms with Crippen LogP contribution in [-0.2, 0) is 5.41 Å². The van der Waals surface area contributed by atoms with Crippen LogP contribution in [-0.4, -0.2) is 30.3 Å². The Hall–Kier alpha value is -2.67. The SMILES string of the molecule is Cc1c(Sc2ccc(C(C)(C)C)c(O)c2)nnn1-c1cc(O)ccc1O. The van der Waals surface area contributed by atoms with E-state index in [1.54, 1.807) is 6.07 Å². The molecule has 0 amide bonds. The molecule has 0 aliphatic heterocycles. The van der Waals surface area contributed by atoms with Crippen LogP contribution in [0.15, 0.2) is 46.3 Å². The molecule has 0 aliphatic carbocycles. The Balaban J connectivity index is 1.92. The number of aromatic hydroxyl groups is 3. The molecule has 0 radical (unpaired) electrons. The molecule has 3 aromatic rings. The van der Waals surface area contributed by atoms with Gasteiger partial charge in [-0.05, 0) is 42.2 Å². The Labute approximate surface area is 156 Å². The number of aromatic nitrogens is 3. The number of benzene rings is 2. The molecule has 0 atom stereocenters. The average molecular weight is 371 g/mol. The van der Waals surface area contributed by atoms with Crippen LogP contribution in [0.25, 0.3) is 5.69 Å². The first kappa shape index (κ1) is 18.1. The fourth-order valence-electron chi connectivity index (χ4n) is 2.64. The summed E-state index contributed by atoms with van der Waals surface area (Å²) < 4.78 is 1.47. The first-order valence-corrected chi connectivity index (χ1v) is 8.94. The van der Waals surface area contributed by atoms with Crippen molar-refractivity contribution >= 4 is 11.8 Å². The van der Waals surface area contributed by atoms with Crippen LogP contribution >= 0.6 is 11.8 Å². The van der Waals surface area contributed by atoms with Gasteiger partial charge in [0.05, 0.1) is 5.69 Å². The van der Waals surface area contributed by atoms with Gasteiger partial charge in [0, 0.05) is 11.0 Å². The largest absolute Gasteiger partial charge is 0.508 e. The molecule has 1 aromatic heterocycles. The zero-order valence-corrected chi connectivity index (χ0v) is 15.9. The van der Waals surface area contributed by atoms with Crippen molar-refractivity contribution in [1.82, 2.24) is 15.0 Å². The van der Waals surface area contributed by atoms with Gasteiger partial charge in [0.15, 0.2) is 0 Å². The van der Waals surface area contributed by atoms with Gasteiger partial charge in [-0.25, -0.2) is 4.68 Å². The molecule has 3 rings (SSSR count). The minimum Gasteiger partial charge on any atom is -0.508 e. The molecule has 3 N–H and O–H groups in total.